The summed E-state index contributed by atoms with van der Waals surface area (Å²) in [5.41, 5.74) is 2.53. The Hall–Kier alpha value is -2.64. The van der Waals surface area contributed by atoms with Crippen LogP contribution in [0.3, 0.4) is 0 Å². The number of imidazole rings is 1. The van der Waals surface area contributed by atoms with Crippen molar-refractivity contribution >= 4 is 45.2 Å². The van der Waals surface area contributed by atoms with E-state index in [1.165, 1.54) is 11.3 Å². The molecule has 4 aromatic rings. The molecule has 0 fully saturated rings. The first-order valence-electron chi connectivity index (χ1n) is 7.60. The molecule has 0 bridgehead atoms. The van der Waals surface area contributed by atoms with Crippen LogP contribution in [0.25, 0.3) is 16.9 Å². The molecule has 5 nitrogen and oxygen atoms in total. The summed E-state index contributed by atoms with van der Waals surface area (Å²) in [6.07, 6.45) is 1.99. The monoisotopic (exact) mass is 366 g/mol. The number of carbonyl (C=O) groups excluding carboxylic acids is 1. The number of anilines is 1. The summed E-state index contributed by atoms with van der Waals surface area (Å²) < 4.78 is 2.01. The number of thioether (sulfide) groups is 1. The van der Waals surface area contributed by atoms with E-state index >= 15 is 0 Å². The van der Waals surface area contributed by atoms with Gasteiger partial charge in [0.1, 0.15) is 0 Å². The van der Waals surface area contributed by atoms with E-state index in [1.807, 2.05) is 58.7 Å². The second kappa shape index (κ2) is 6.70. The lowest BCUT2D eigenvalue weighted by molar-refractivity contribution is 0.102. The number of para-hydroxylation sites is 2. The number of aromatic nitrogens is 3. The minimum atomic E-state index is -0.165. The van der Waals surface area contributed by atoms with Crippen LogP contribution in [0.2, 0.25) is 0 Å². The van der Waals surface area contributed by atoms with Crippen molar-refractivity contribution in [2.24, 2.45) is 0 Å². The Labute approximate surface area is 152 Å². The summed E-state index contributed by atoms with van der Waals surface area (Å²) in [6.45, 7) is 0. The van der Waals surface area contributed by atoms with E-state index in [0.717, 1.165) is 22.0 Å². The molecule has 0 unspecified atom stereocenters. The van der Waals surface area contributed by atoms with E-state index in [1.54, 1.807) is 23.9 Å². The number of benzene rings is 2. The molecule has 2 aromatic carbocycles. The molecule has 0 aliphatic carbocycles. The first kappa shape index (κ1) is 15.9. The topological polar surface area (TPSA) is 59.8 Å². The first-order valence-corrected chi connectivity index (χ1v) is 9.70. The van der Waals surface area contributed by atoms with Crippen molar-refractivity contribution in [1.29, 1.82) is 0 Å². The van der Waals surface area contributed by atoms with Crippen LogP contribution in [0, 0.1) is 0 Å². The minimum absolute atomic E-state index is 0.165. The van der Waals surface area contributed by atoms with Crippen molar-refractivity contribution < 1.29 is 4.79 Å². The standard InChI is InChI=1S/C18H14N4OS2/c1-24-18-19-13-9-5-6-10-14(13)22(18)15-11-25-17(20-15)21-16(23)12-7-3-2-4-8-12/h2-11H,1H3,(H,20,21,23). The lowest BCUT2D eigenvalue weighted by Crippen LogP contribution is -2.11. The molecule has 2 aromatic heterocycles. The number of nitrogens with zero attached hydrogens (tertiary/aromatic N) is 3. The maximum atomic E-state index is 12.3. The van der Waals surface area contributed by atoms with Crippen molar-refractivity contribution in [3.63, 3.8) is 0 Å². The van der Waals surface area contributed by atoms with Gasteiger partial charge in [-0.3, -0.25) is 14.7 Å². The molecule has 0 saturated heterocycles. The summed E-state index contributed by atoms with van der Waals surface area (Å²) in [6, 6.07) is 17.1. The zero-order chi connectivity index (χ0) is 17.2. The Morgan fingerprint density at radius 2 is 1.84 bits per heavy atom. The quantitative estimate of drug-likeness (QED) is 0.542. The highest BCUT2D eigenvalue weighted by Gasteiger charge is 2.15. The van der Waals surface area contributed by atoms with Crippen LogP contribution in [0.4, 0.5) is 5.13 Å². The molecule has 0 atom stereocenters. The Morgan fingerprint density at radius 3 is 2.64 bits per heavy atom. The normalized spacial score (nSPS) is 10.9. The molecule has 7 heteroatoms. The molecule has 2 heterocycles. The molecule has 1 N–H and O–H groups in total. The van der Waals surface area contributed by atoms with Crippen molar-refractivity contribution in [3.8, 4) is 5.82 Å². The number of amides is 1. The van der Waals surface area contributed by atoms with Crippen LogP contribution in [-0.4, -0.2) is 26.7 Å². The summed E-state index contributed by atoms with van der Waals surface area (Å²) in [5.74, 6) is 0.591. The van der Waals surface area contributed by atoms with E-state index in [-0.39, 0.29) is 5.91 Å². The lowest BCUT2D eigenvalue weighted by Gasteiger charge is -2.04. The van der Waals surface area contributed by atoms with E-state index < -0.39 is 0 Å². The largest absolute Gasteiger partial charge is 0.298 e. The predicted octanol–water partition coefficient (Wildman–Crippen LogP) is 4.46. The predicted molar refractivity (Wildman–Crippen MR) is 103 cm³/mol. The maximum Gasteiger partial charge on any atom is 0.257 e. The second-order valence-corrected chi connectivity index (χ2v) is 6.89. The zero-order valence-electron chi connectivity index (χ0n) is 13.3. The van der Waals surface area contributed by atoms with Crippen molar-refractivity contribution in [2.75, 3.05) is 11.6 Å². The van der Waals surface area contributed by atoms with Crippen LogP contribution >= 0.6 is 23.1 Å². The highest BCUT2D eigenvalue weighted by molar-refractivity contribution is 7.98. The highest BCUT2D eigenvalue weighted by Crippen LogP contribution is 2.28. The van der Waals surface area contributed by atoms with Crippen molar-refractivity contribution in [2.45, 2.75) is 5.16 Å². The number of nitrogens with one attached hydrogen (secondary N) is 1. The molecule has 0 radical (unpaired) electrons. The van der Waals surface area contributed by atoms with Gasteiger partial charge in [0.15, 0.2) is 16.1 Å². The Morgan fingerprint density at radius 1 is 1.08 bits per heavy atom. The number of hydrogen-bond acceptors (Lipinski definition) is 5. The average molecular weight is 366 g/mol. The molecular weight excluding hydrogens is 352 g/mol. The summed E-state index contributed by atoms with van der Waals surface area (Å²) in [4.78, 5) is 21.5. The van der Waals surface area contributed by atoms with Crippen LogP contribution < -0.4 is 5.32 Å². The summed E-state index contributed by atoms with van der Waals surface area (Å²) in [7, 11) is 0. The Kier molecular flexibility index (Phi) is 4.25. The second-order valence-electron chi connectivity index (χ2n) is 5.25. The molecule has 25 heavy (non-hydrogen) atoms. The SMILES string of the molecule is CSc1nc2ccccc2n1-c1csc(NC(=O)c2ccccc2)n1. The van der Waals surface area contributed by atoms with Gasteiger partial charge in [-0.15, -0.1) is 11.3 Å². The highest BCUT2D eigenvalue weighted by atomic mass is 32.2. The van der Waals surface area contributed by atoms with E-state index in [9.17, 15) is 4.79 Å². The molecule has 4 rings (SSSR count). The smallest absolute Gasteiger partial charge is 0.257 e. The molecule has 0 aliphatic rings. The van der Waals surface area contributed by atoms with Gasteiger partial charge in [0.2, 0.25) is 0 Å². The number of fused-ring (bicyclic) bond motifs is 1. The number of rotatable bonds is 4. The molecule has 0 spiro atoms. The van der Waals surface area contributed by atoms with E-state index in [0.29, 0.717) is 10.7 Å². The van der Waals surface area contributed by atoms with Gasteiger partial charge in [-0.2, -0.15) is 0 Å². The van der Waals surface area contributed by atoms with Crippen LogP contribution in [0.5, 0.6) is 0 Å². The molecule has 1 amide bonds. The van der Waals surface area contributed by atoms with Crippen LogP contribution in [0.1, 0.15) is 10.4 Å². The van der Waals surface area contributed by atoms with E-state index in [4.69, 9.17) is 0 Å². The van der Waals surface area contributed by atoms with Gasteiger partial charge < -0.3 is 0 Å². The molecule has 0 saturated carbocycles. The summed E-state index contributed by atoms with van der Waals surface area (Å²) in [5, 5.41) is 6.21. The minimum Gasteiger partial charge on any atom is -0.298 e. The fourth-order valence-electron chi connectivity index (χ4n) is 2.55. The van der Waals surface area contributed by atoms with Gasteiger partial charge >= 0.3 is 0 Å². The van der Waals surface area contributed by atoms with Crippen molar-refractivity contribution in [1.82, 2.24) is 14.5 Å². The summed E-state index contributed by atoms with van der Waals surface area (Å²) >= 11 is 2.96. The van der Waals surface area contributed by atoms with Gasteiger partial charge in [-0.1, -0.05) is 42.1 Å². The third kappa shape index (κ3) is 3.04. The Bertz CT molecular complexity index is 1040. The van der Waals surface area contributed by atoms with Gasteiger partial charge in [0.05, 0.1) is 11.0 Å². The van der Waals surface area contributed by atoms with E-state index in [2.05, 4.69) is 15.3 Å². The number of hydrogen-bond donors (Lipinski definition) is 1. The first-order chi connectivity index (χ1) is 12.3. The van der Waals surface area contributed by atoms with Crippen molar-refractivity contribution in [3.05, 3.63) is 65.5 Å². The fraction of sp³-hybridized carbons (Fsp3) is 0.0556. The third-order valence-electron chi connectivity index (χ3n) is 3.69. The third-order valence-corrected chi connectivity index (χ3v) is 5.07. The average Bonchev–Trinajstić information content (AvgIpc) is 3.26. The van der Waals surface area contributed by atoms with Gasteiger partial charge in [-0.25, -0.2) is 9.97 Å². The molecular formula is C18H14N4OS2. The fourth-order valence-corrected chi connectivity index (χ4v) is 3.78. The number of thiazole rings is 1. The van der Waals surface area contributed by atoms with Gasteiger partial charge in [0.25, 0.3) is 5.91 Å². The molecule has 124 valence electrons. The lowest BCUT2D eigenvalue weighted by atomic mass is 10.2. The maximum absolute atomic E-state index is 12.3. The van der Waals surface area contributed by atoms with Gasteiger partial charge in [0, 0.05) is 10.9 Å². The zero-order valence-corrected chi connectivity index (χ0v) is 15.0. The number of carbonyl (C=O) groups is 1. The Balaban J connectivity index is 1.67. The molecule has 0 aliphatic heterocycles. The van der Waals surface area contributed by atoms with Crippen LogP contribution in [0.15, 0.2) is 65.1 Å². The van der Waals surface area contributed by atoms with Crippen LogP contribution in [-0.2, 0) is 0 Å². The van der Waals surface area contributed by atoms with Gasteiger partial charge in [-0.05, 0) is 30.5 Å².